The van der Waals surface area contributed by atoms with Crippen LogP contribution in [0.25, 0.3) is 11.4 Å². The summed E-state index contributed by atoms with van der Waals surface area (Å²) in [5.41, 5.74) is 2.95. The highest BCUT2D eigenvalue weighted by Crippen LogP contribution is 2.35. The summed E-state index contributed by atoms with van der Waals surface area (Å²) in [6.45, 7) is 5.17. The summed E-state index contributed by atoms with van der Waals surface area (Å²) in [6, 6.07) is 3.95. The number of rotatable bonds is 8. The Hall–Kier alpha value is -4.32. The molecule has 0 amide bonds. The third-order valence-electron chi connectivity index (χ3n) is 8.45. The molecule has 3 fully saturated rings. The van der Waals surface area contributed by atoms with Gasteiger partial charge in [0, 0.05) is 44.4 Å². The minimum Gasteiger partial charge on any atom is -0.396 e. The largest absolute Gasteiger partial charge is 0.396 e. The van der Waals surface area contributed by atoms with Gasteiger partial charge < -0.3 is 20.1 Å². The predicted molar refractivity (Wildman–Crippen MR) is 163 cm³/mol. The summed E-state index contributed by atoms with van der Waals surface area (Å²) in [5.74, 6) is 7.97. The topological polar surface area (TPSA) is 153 Å². The summed E-state index contributed by atoms with van der Waals surface area (Å²) in [6.07, 6.45) is 13.0. The van der Waals surface area contributed by atoms with Crippen molar-refractivity contribution < 1.29 is 18.3 Å². The Kier molecular flexibility index (Phi) is 7.31. The first-order valence-electron chi connectivity index (χ1n) is 14.7. The molecule has 4 aromatic rings. The first kappa shape index (κ1) is 28.5. The van der Waals surface area contributed by atoms with Crippen LogP contribution in [0, 0.1) is 17.3 Å². The molecule has 2 N–H and O–H groups in total. The van der Waals surface area contributed by atoms with Crippen LogP contribution >= 0.6 is 0 Å². The lowest BCUT2D eigenvalue weighted by Gasteiger charge is -2.39. The number of pyridine rings is 1. The van der Waals surface area contributed by atoms with Gasteiger partial charge in [-0.1, -0.05) is 18.8 Å². The van der Waals surface area contributed by atoms with Crippen molar-refractivity contribution in [3.05, 3.63) is 60.4 Å². The van der Waals surface area contributed by atoms with Crippen LogP contribution in [0.15, 0.2) is 49.3 Å². The molecular weight excluding hydrogens is 582 g/mol. The highest BCUT2D eigenvalue weighted by Gasteiger charge is 2.37. The fourth-order valence-corrected chi connectivity index (χ4v) is 6.69. The van der Waals surface area contributed by atoms with Crippen LogP contribution in [-0.4, -0.2) is 85.6 Å². The molecule has 14 heteroatoms. The molecule has 1 saturated carbocycles. The van der Waals surface area contributed by atoms with Gasteiger partial charge in [0.05, 0.1) is 65.5 Å². The number of nitrogens with zero attached hydrogens (tertiary/aromatic N) is 8. The molecule has 0 atom stereocenters. The summed E-state index contributed by atoms with van der Waals surface area (Å²) >= 11 is 0. The van der Waals surface area contributed by atoms with Crippen LogP contribution in [-0.2, 0) is 14.8 Å². The van der Waals surface area contributed by atoms with Crippen LogP contribution in [0.3, 0.4) is 0 Å². The molecule has 0 bridgehead atoms. The van der Waals surface area contributed by atoms with Gasteiger partial charge in [-0.25, -0.2) is 23.4 Å². The van der Waals surface area contributed by atoms with Gasteiger partial charge >= 0.3 is 0 Å². The van der Waals surface area contributed by atoms with E-state index in [0.29, 0.717) is 49.1 Å². The molecule has 0 spiro atoms. The first-order chi connectivity index (χ1) is 21.3. The monoisotopic (exact) mass is 615 g/mol. The quantitative estimate of drug-likeness (QED) is 0.281. The van der Waals surface area contributed by atoms with Crippen LogP contribution in [0.1, 0.15) is 49.8 Å². The Labute approximate surface area is 255 Å². The second kappa shape index (κ2) is 11.3. The standard InChI is InChI=1S/C30H33N9O4S/c1-30(20-40)7-10-37(11-8-30)26-12-28(32-14-22(26)3-2-21-13-33-38(16-21)24-18-43-19-24)35-27-6-9-31-29(36-27)23-15-34-39(17-23)44(41,42)25-4-5-25/h6,9,12-17,24-25,40H,4-5,7-8,10-11,18-20H2,1H3,(H,31,32,35,36). The van der Waals surface area contributed by atoms with Crippen molar-refractivity contribution in [3.63, 3.8) is 0 Å². The Morgan fingerprint density at radius 3 is 2.61 bits per heavy atom. The van der Waals surface area contributed by atoms with E-state index in [2.05, 4.69) is 54.1 Å². The maximum Gasteiger partial charge on any atom is 0.256 e. The molecule has 228 valence electrons. The first-order valence-corrected chi connectivity index (χ1v) is 16.2. The van der Waals surface area contributed by atoms with E-state index in [1.54, 1.807) is 24.7 Å². The van der Waals surface area contributed by atoms with E-state index in [-0.39, 0.29) is 23.3 Å². The van der Waals surface area contributed by atoms with Crippen molar-refractivity contribution in [2.24, 2.45) is 5.41 Å². The van der Waals surface area contributed by atoms with Crippen molar-refractivity contribution in [1.82, 2.24) is 33.9 Å². The van der Waals surface area contributed by atoms with E-state index in [0.717, 1.165) is 46.8 Å². The number of aliphatic hydroxyl groups excluding tert-OH is 1. The number of ether oxygens (including phenoxy) is 1. The second-order valence-electron chi connectivity index (χ2n) is 11.9. The van der Waals surface area contributed by atoms with Gasteiger partial charge in [0.2, 0.25) is 0 Å². The Bertz CT molecular complexity index is 1840. The molecule has 3 aliphatic rings. The zero-order valence-corrected chi connectivity index (χ0v) is 25.1. The van der Waals surface area contributed by atoms with E-state index >= 15 is 0 Å². The molecule has 0 radical (unpaired) electrons. The van der Waals surface area contributed by atoms with Crippen molar-refractivity contribution in [2.45, 2.75) is 43.9 Å². The number of hydrogen-bond acceptors (Lipinski definition) is 11. The number of nitrogens with one attached hydrogen (secondary N) is 1. The molecule has 0 unspecified atom stereocenters. The van der Waals surface area contributed by atoms with Crippen molar-refractivity contribution >= 4 is 27.3 Å². The average Bonchev–Trinajstić information content (AvgIpc) is 3.58. The van der Waals surface area contributed by atoms with Crippen LogP contribution < -0.4 is 10.2 Å². The van der Waals surface area contributed by atoms with Crippen molar-refractivity contribution in [1.29, 1.82) is 0 Å². The third kappa shape index (κ3) is 5.78. The Morgan fingerprint density at radius 2 is 1.89 bits per heavy atom. The zero-order valence-electron chi connectivity index (χ0n) is 24.3. The van der Waals surface area contributed by atoms with E-state index in [1.165, 1.54) is 12.4 Å². The highest BCUT2D eigenvalue weighted by atomic mass is 32.2. The van der Waals surface area contributed by atoms with Gasteiger partial charge in [-0.2, -0.15) is 14.3 Å². The summed E-state index contributed by atoms with van der Waals surface area (Å²) in [4.78, 5) is 15.8. The highest BCUT2D eigenvalue weighted by molar-refractivity contribution is 7.90. The van der Waals surface area contributed by atoms with E-state index in [1.807, 2.05) is 16.9 Å². The molecular formula is C30H33N9O4S. The summed E-state index contributed by atoms with van der Waals surface area (Å²) in [5, 5.41) is 21.3. The Balaban J connectivity index is 1.14. The predicted octanol–water partition coefficient (Wildman–Crippen LogP) is 2.59. The smallest absolute Gasteiger partial charge is 0.256 e. The number of hydrogen-bond donors (Lipinski definition) is 2. The van der Waals surface area contributed by atoms with Crippen molar-refractivity contribution in [3.8, 4) is 23.2 Å². The minimum atomic E-state index is -3.48. The average molecular weight is 616 g/mol. The lowest BCUT2D eigenvalue weighted by Crippen LogP contribution is -2.40. The fourth-order valence-electron chi connectivity index (χ4n) is 5.21. The van der Waals surface area contributed by atoms with Crippen molar-refractivity contribution in [2.75, 3.05) is 43.1 Å². The molecule has 2 aliphatic heterocycles. The normalized spacial score (nSPS) is 18.4. The third-order valence-corrected chi connectivity index (χ3v) is 10.5. The lowest BCUT2D eigenvalue weighted by atomic mass is 9.81. The molecule has 0 aromatic carbocycles. The maximum absolute atomic E-state index is 12.6. The molecule has 1 aliphatic carbocycles. The van der Waals surface area contributed by atoms with Crippen LogP contribution in [0.5, 0.6) is 0 Å². The van der Waals surface area contributed by atoms with Gasteiger partial charge in [0.25, 0.3) is 10.0 Å². The van der Waals surface area contributed by atoms with E-state index in [4.69, 9.17) is 4.74 Å². The van der Waals surface area contributed by atoms with Crippen LogP contribution in [0.2, 0.25) is 0 Å². The van der Waals surface area contributed by atoms with Gasteiger partial charge in [-0.15, -0.1) is 0 Å². The van der Waals surface area contributed by atoms with Gasteiger partial charge in [0.1, 0.15) is 11.6 Å². The maximum atomic E-state index is 12.6. The summed E-state index contributed by atoms with van der Waals surface area (Å²) in [7, 11) is -3.48. The molecule has 7 rings (SSSR count). The Morgan fingerprint density at radius 1 is 1.07 bits per heavy atom. The number of anilines is 3. The number of piperidine rings is 1. The zero-order chi connectivity index (χ0) is 30.3. The van der Waals surface area contributed by atoms with E-state index < -0.39 is 10.0 Å². The molecule has 2 saturated heterocycles. The SMILES string of the molecule is CC1(CO)CCN(c2cc(Nc3ccnc(-c4cnn(S(=O)(=O)C5CC5)c4)n3)ncc2C#Cc2cnn(C3COC3)c2)CC1. The second-order valence-corrected chi connectivity index (χ2v) is 14.0. The van der Waals surface area contributed by atoms with Gasteiger partial charge in [0.15, 0.2) is 5.82 Å². The minimum absolute atomic E-state index is 0.0978. The molecule has 4 aromatic heterocycles. The van der Waals surface area contributed by atoms with Gasteiger partial charge in [-0.3, -0.25) is 4.68 Å². The molecule has 6 heterocycles. The van der Waals surface area contributed by atoms with E-state index in [9.17, 15) is 13.5 Å². The molecule has 13 nitrogen and oxygen atoms in total. The van der Waals surface area contributed by atoms with Crippen LogP contribution in [0.4, 0.5) is 17.3 Å². The number of aliphatic hydroxyl groups is 1. The number of aromatic nitrogens is 7. The summed E-state index contributed by atoms with van der Waals surface area (Å²) < 4.78 is 33.3. The fraction of sp³-hybridized carbons (Fsp3) is 0.433. The lowest BCUT2D eigenvalue weighted by molar-refractivity contribution is -0.0286. The van der Waals surface area contributed by atoms with Gasteiger partial charge in [-0.05, 0) is 37.2 Å². The molecule has 44 heavy (non-hydrogen) atoms.